The molecule has 0 aliphatic rings. The molecule has 0 aliphatic heterocycles. The molecule has 0 fully saturated rings. The average Bonchev–Trinajstić information content (AvgIpc) is 3.27. The number of thiazole rings is 1. The average molecular weight is 437 g/mol. The first-order chi connectivity index (χ1) is 14.5. The van der Waals surface area contributed by atoms with Crippen molar-refractivity contribution in [2.75, 3.05) is 10.6 Å². The second kappa shape index (κ2) is 8.14. The largest absolute Gasteiger partial charge is 0.375 e. The summed E-state index contributed by atoms with van der Waals surface area (Å²) in [6.07, 6.45) is 3.30. The molecule has 0 spiro atoms. The van der Waals surface area contributed by atoms with Crippen LogP contribution in [0.25, 0.3) is 10.9 Å². The van der Waals surface area contributed by atoms with E-state index in [1.807, 2.05) is 30.5 Å². The van der Waals surface area contributed by atoms with Gasteiger partial charge < -0.3 is 15.2 Å². The Labute approximate surface area is 181 Å². The van der Waals surface area contributed by atoms with Crippen molar-refractivity contribution in [1.29, 1.82) is 5.26 Å². The van der Waals surface area contributed by atoms with Crippen LogP contribution in [0.2, 0.25) is 5.15 Å². The third-order valence-electron chi connectivity index (χ3n) is 4.74. The number of pyridine rings is 2. The molecule has 1 atom stereocenters. The van der Waals surface area contributed by atoms with Crippen LogP contribution < -0.4 is 16.2 Å². The normalized spacial score (nSPS) is 11.8. The van der Waals surface area contributed by atoms with Gasteiger partial charge in [-0.3, -0.25) is 4.79 Å². The summed E-state index contributed by atoms with van der Waals surface area (Å²) in [6.45, 7) is 2.00. The smallest absolute Gasteiger partial charge is 0.252 e. The van der Waals surface area contributed by atoms with Crippen LogP contribution in [0, 0.1) is 11.3 Å². The lowest BCUT2D eigenvalue weighted by atomic mass is 10.1. The van der Waals surface area contributed by atoms with Crippen LogP contribution in [0.1, 0.15) is 23.5 Å². The van der Waals surface area contributed by atoms with Gasteiger partial charge in [-0.15, -0.1) is 11.3 Å². The molecule has 150 valence electrons. The molecule has 0 saturated carbocycles. The van der Waals surface area contributed by atoms with Crippen molar-refractivity contribution in [2.45, 2.75) is 13.0 Å². The van der Waals surface area contributed by atoms with E-state index < -0.39 is 0 Å². The molecular formula is C21H17ClN6OS. The highest BCUT2D eigenvalue weighted by molar-refractivity contribution is 7.09. The molecule has 4 aromatic rings. The van der Waals surface area contributed by atoms with Crippen molar-refractivity contribution in [3.63, 3.8) is 0 Å². The summed E-state index contributed by atoms with van der Waals surface area (Å²) in [6, 6.07) is 10.9. The molecule has 30 heavy (non-hydrogen) atoms. The van der Waals surface area contributed by atoms with Crippen molar-refractivity contribution < 1.29 is 0 Å². The molecule has 1 aromatic carbocycles. The number of fused-ring (bicyclic) bond motifs is 1. The zero-order chi connectivity index (χ0) is 21.3. The molecule has 4 rings (SSSR count). The van der Waals surface area contributed by atoms with Gasteiger partial charge in [-0.1, -0.05) is 11.6 Å². The van der Waals surface area contributed by atoms with Crippen LogP contribution in [-0.2, 0) is 7.05 Å². The minimum absolute atomic E-state index is 0.0545. The van der Waals surface area contributed by atoms with E-state index in [4.69, 9.17) is 11.6 Å². The SMILES string of the molecule is CC(Nc1cc(=O)n(C)c2ccc(Nc3ccnc(Cl)c3C#N)cc12)c1nccs1. The van der Waals surface area contributed by atoms with Crippen LogP contribution in [0.4, 0.5) is 17.1 Å². The topological polar surface area (TPSA) is 95.6 Å². The van der Waals surface area contributed by atoms with Crippen LogP contribution in [0.15, 0.2) is 52.9 Å². The zero-order valence-corrected chi connectivity index (χ0v) is 17.8. The Bertz CT molecular complexity index is 1330. The van der Waals surface area contributed by atoms with Crippen molar-refractivity contribution >= 4 is 50.9 Å². The Balaban J connectivity index is 1.78. The van der Waals surface area contributed by atoms with E-state index >= 15 is 0 Å². The number of nitriles is 1. The lowest BCUT2D eigenvalue weighted by molar-refractivity contribution is 0.863. The van der Waals surface area contributed by atoms with Gasteiger partial charge in [-0.2, -0.15) is 5.26 Å². The number of benzene rings is 1. The molecule has 0 radical (unpaired) electrons. The highest BCUT2D eigenvalue weighted by atomic mass is 35.5. The first kappa shape index (κ1) is 19.9. The van der Waals surface area contributed by atoms with Gasteiger partial charge >= 0.3 is 0 Å². The molecule has 9 heteroatoms. The molecule has 0 bridgehead atoms. The minimum atomic E-state index is -0.107. The summed E-state index contributed by atoms with van der Waals surface area (Å²) in [5, 5.41) is 19.9. The van der Waals surface area contributed by atoms with Gasteiger partial charge in [0.05, 0.1) is 17.2 Å². The molecule has 3 heterocycles. The number of aryl methyl sites for hydroxylation is 1. The van der Waals surface area contributed by atoms with E-state index in [-0.39, 0.29) is 22.3 Å². The highest BCUT2D eigenvalue weighted by Gasteiger charge is 2.14. The number of halogens is 1. The summed E-state index contributed by atoms with van der Waals surface area (Å²) in [7, 11) is 1.74. The van der Waals surface area contributed by atoms with E-state index in [0.29, 0.717) is 11.4 Å². The molecule has 0 saturated heterocycles. The van der Waals surface area contributed by atoms with Gasteiger partial charge in [0.25, 0.3) is 5.56 Å². The Morgan fingerprint density at radius 1 is 1.20 bits per heavy atom. The van der Waals surface area contributed by atoms with Crippen molar-refractivity contribution in [3.05, 3.63) is 74.2 Å². The van der Waals surface area contributed by atoms with Gasteiger partial charge in [-0.05, 0) is 31.2 Å². The molecular weight excluding hydrogens is 420 g/mol. The summed E-state index contributed by atoms with van der Waals surface area (Å²) in [5.41, 5.74) is 2.99. The van der Waals surface area contributed by atoms with Gasteiger partial charge in [0.15, 0.2) is 0 Å². The molecule has 2 N–H and O–H groups in total. The zero-order valence-electron chi connectivity index (χ0n) is 16.2. The molecule has 7 nitrogen and oxygen atoms in total. The molecule has 3 aromatic heterocycles. The van der Waals surface area contributed by atoms with Crippen molar-refractivity contribution in [3.8, 4) is 6.07 Å². The Morgan fingerprint density at radius 2 is 2.03 bits per heavy atom. The molecule has 1 unspecified atom stereocenters. The van der Waals surface area contributed by atoms with Crippen LogP contribution >= 0.6 is 22.9 Å². The van der Waals surface area contributed by atoms with E-state index in [9.17, 15) is 10.1 Å². The van der Waals surface area contributed by atoms with Crippen molar-refractivity contribution in [2.24, 2.45) is 7.05 Å². The van der Waals surface area contributed by atoms with Crippen LogP contribution in [0.3, 0.4) is 0 Å². The number of hydrogen-bond acceptors (Lipinski definition) is 7. The minimum Gasteiger partial charge on any atom is -0.375 e. The third kappa shape index (κ3) is 3.73. The monoisotopic (exact) mass is 436 g/mol. The maximum absolute atomic E-state index is 12.5. The number of rotatable bonds is 5. The quantitative estimate of drug-likeness (QED) is 0.435. The molecule has 0 amide bonds. The summed E-state index contributed by atoms with van der Waals surface area (Å²) in [4.78, 5) is 20.7. The predicted octanol–water partition coefficient (Wildman–Crippen LogP) is 4.83. The van der Waals surface area contributed by atoms with Crippen LogP contribution in [-0.4, -0.2) is 14.5 Å². The Kier molecular flexibility index (Phi) is 5.40. The number of hydrogen-bond donors (Lipinski definition) is 2. The summed E-state index contributed by atoms with van der Waals surface area (Å²) in [5.74, 6) is 0. The fourth-order valence-corrected chi connectivity index (χ4v) is 4.05. The van der Waals surface area contributed by atoms with E-state index in [2.05, 4.69) is 26.7 Å². The van der Waals surface area contributed by atoms with Gasteiger partial charge in [-0.25, -0.2) is 9.97 Å². The number of nitrogens with one attached hydrogen (secondary N) is 2. The van der Waals surface area contributed by atoms with Gasteiger partial charge in [0, 0.05) is 47.6 Å². The van der Waals surface area contributed by atoms with Gasteiger partial charge in [0.2, 0.25) is 0 Å². The summed E-state index contributed by atoms with van der Waals surface area (Å²) < 4.78 is 1.60. The fourth-order valence-electron chi connectivity index (χ4n) is 3.20. The van der Waals surface area contributed by atoms with E-state index in [1.54, 1.807) is 47.5 Å². The molecule has 0 aliphatic carbocycles. The summed E-state index contributed by atoms with van der Waals surface area (Å²) >= 11 is 7.59. The van der Waals surface area contributed by atoms with Crippen LogP contribution in [0.5, 0.6) is 0 Å². The second-order valence-electron chi connectivity index (χ2n) is 6.68. The second-order valence-corrected chi connectivity index (χ2v) is 7.97. The fraction of sp³-hybridized carbons (Fsp3) is 0.143. The first-order valence-corrected chi connectivity index (χ1v) is 10.3. The lowest BCUT2D eigenvalue weighted by Crippen LogP contribution is -2.18. The number of anilines is 3. The van der Waals surface area contributed by atoms with Gasteiger partial charge in [0.1, 0.15) is 21.8 Å². The Hall–Kier alpha value is -3.41. The third-order valence-corrected chi connectivity index (χ3v) is 5.98. The number of aromatic nitrogens is 3. The van der Waals surface area contributed by atoms with Crippen molar-refractivity contribution in [1.82, 2.24) is 14.5 Å². The van der Waals surface area contributed by atoms with E-state index in [1.165, 1.54) is 0 Å². The first-order valence-electron chi connectivity index (χ1n) is 9.09. The standard InChI is InChI=1S/C21H17ClN6OS/c1-12(21-25-7-8-30-21)26-17-10-19(29)28(2)18-4-3-13(9-14(17)18)27-16-5-6-24-20(22)15(16)11-23/h3-10,12,26H,1-2H3,(H,24,27). The maximum Gasteiger partial charge on any atom is 0.252 e. The maximum atomic E-state index is 12.5. The van der Waals surface area contributed by atoms with E-state index in [0.717, 1.165) is 21.6 Å². The Morgan fingerprint density at radius 3 is 2.77 bits per heavy atom. The lowest BCUT2D eigenvalue weighted by Gasteiger charge is -2.17. The predicted molar refractivity (Wildman–Crippen MR) is 121 cm³/mol. The highest BCUT2D eigenvalue weighted by Crippen LogP contribution is 2.31. The number of nitrogens with zero attached hydrogens (tertiary/aromatic N) is 4.